The maximum absolute atomic E-state index is 13.7. The Hall–Kier alpha value is -3.45. The smallest absolute Gasteiger partial charge is 0.309 e. The summed E-state index contributed by atoms with van der Waals surface area (Å²) in [5.74, 6) is -1.18. The number of hydrogen-bond acceptors (Lipinski definition) is 5. The SMILES string of the molecule is CC(C)c1nnc(-c2ccc(F)cc2)c(-c2ccc(F)cc2)c1C=CC1CC(O)CC(=O)O1. The molecule has 2 aromatic carbocycles. The monoisotopic (exact) mass is 450 g/mol. The van der Waals surface area contributed by atoms with Gasteiger partial charge in [0.15, 0.2) is 0 Å². The molecule has 1 fully saturated rings. The summed E-state index contributed by atoms with van der Waals surface area (Å²) in [6.45, 7) is 3.97. The molecule has 4 rings (SSSR count). The second kappa shape index (κ2) is 9.58. The van der Waals surface area contributed by atoms with Gasteiger partial charge in [-0.05, 0) is 54.0 Å². The van der Waals surface area contributed by atoms with E-state index in [1.807, 2.05) is 19.9 Å². The highest BCUT2D eigenvalue weighted by Gasteiger charge is 2.26. The van der Waals surface area contributed by atoms with Gasteiger partial charge in [-0.1, -0.05) is 32.1 Å². The molecule has 0 aliphatic carbocycles. The van der Waals surface area contributed by atoms with E-state index in [1.165, 1.54) is 24.3 Å². The summed E-state index contributed by atoms with van der Waals surface area (Å²) in [5.41, 5.74) is 4.05. The number of esters is 1. The van der Waals surface area contributed by atoms with Crippen LogP contribution >= 0.6 is 0 Å². The van der Waals surface area contributed by atoms with E-state index in [4.69, 9.17) is 4.74 Å². The molecule has 3 aromatic rings. The van der Waals surface area contributed by atoms with Crippen molar-refractivity contribution in [2.75, 3.05) is 0 Å². The first-order chi connectivity index (χ1) is 15.8. The third-order valence-corrected chi connectivity index (χ3v) is 5.50. The van der Waals surface area contributed by atoms with Crippen LogP contribution in [-0.2, 0) is 9.53 Å². The highest BCUT2D eigenvalue weighted by molar-refractivity contribution is 5.88. The number of carbonyl (C=O) groups is 1. The van der Waals surface area contributed by atoms with Gasteiger partial charge in [-0.15, -0.1) is 5.10 Å². The zero-order valence-corrected chi connectivity index (χ0v) is 18.3. The van der Waals surface area contributed by atoms with E-state index >= 15 is 0 Å². The number of nitrogens with zero attached hydrogens (tertiary/aromatic N) is 2. The van der Waals surface area contributed by atoms with Crippen LogP contribution in [-0.4, -0.2) is 33.5 Å². The topological polar surface area (TPSA) is 72.3 Å². The first-order valence-electron chi connectivity index (χ1n) is 10.8. The highest BCUT2D eigenvalue weighted by Crippen LogP contribution is 2.37. The van der Waals surface area contributed by atoms with E-state index in [9.17, 15) is 18.7 Å². The van der Waals surface area contributed by atoms with Gasteiger partial charge in [0.2, 0.25) is 0 Å². The van der Waals surface area contributed by atoms with E-state index in [-0.39, 0.29) is 24.0 Å². The Morgan fingerprint density at radius 2 is 1.61 bits per heavy atom. The van der Waals surface area contributed by atoms with Gasteiger partial charge in [-0.3, -0.25) is 4.79 Å². The Labute approximate surface area is 190 Å². The van der Waals surface area contributed by atoms with Crippen molar-refractivity contribution in [2.24, 2.45) is 0 Å². The Bertz CT molecular complexity index is 1180. The number of rotatable bonds is 5. The van der Waals surface area contributed by atoms with E-state index in [0.29, 0.717) is 34.5 Å². The van der Waals surface area contributed by atoms with Crippen molar-refractivity contribution in [3.8, 4) is 22.4 Å². The molecule has 2 unspecified atom stereocenters. The molecule has 7 heteroatoms. The van der Waals surface area contributed by atoms with E-state index in [2.05, 4.69) is 10.2 Å². The normalized spacial score (nSPS) is 18.7. The number of halogens is 2. The van der Waals surface area contributed by atoms with E-state index in [1.54, 1.807) is 30.3 Å². The molecule has 0 bridgehead atoms. The number of aromatic nitrogens is 2. The van der Waals surface area contributed by atoms with Crippen LogP contribution in [0.25, 0.3) is 28.5 Å². The molecule has 1 N–H and O–H groups in total. The number of hydrogen-bond donors (Lipinski definition) is 1. The maximum atomic E-state index is 13.7. The molecule has 2 atom stereocenters. The van der Waals surface area contributed by atoms with Gasteiger partial charge in [-0.25, -0.2) is 8.78 Å². The molecule has 0 amide bonds. The lowest BCUT2D eigenvalue weighted by atomic mass is 9.90. The Kier molecular flexibility index (Phi) is 6.60. The molecular weight excluding hydrogens is 426 g/mol. The predicted octanol–water partition coefficient (Wildman–Crippen LogP) is 5.29. The quantitative estimate of drug-likeness (QED) is 0.535. The maximum Gasteiger partial charge on any atom is 0.309 e. The van der Waals surface area contributed by atoms with Crippen LogP contribution < -0.4 is 0 Å². The molecule has 33 heavy (non-hydrogen) atoms. The lowest BCUT2D eigenvalue weighted by Crippen LogP contribution is -2.31. The zero-order valence-electron chi connectivity index (χ0n) is 18.3. The number of benzene rings is 2. The number of ether oxygens (including phenoxy) is 1. The van der Waals surface area contributed by atoms with Crippen molar-refractivity contribution in [3.05, 3.63) is 77.5 Å². The standard InChI is InChI=1S/C26H24F2N2O3/c1-15(2)25-22(12-11-21-13-20(31)14-23(32)33-21)24(16-3-7-18(27)8-4-16)26(30-29-25)17-5-9-19(28)10-6-17/h3-12,15,20-21,31H,13-14H2,1-2H3. The molecule has 1 saturated heterocycles. The van der Waals surface area contributed by atoms with Crippen molar-refractivity contribution >= 4 is 12.0 Å². The van der Waals surface area contributed by atoms with Crippen molar-refractivity contribution < 1.29 is 23.4 Å². The molecule has 0 saturated carbocycles. The van der Waals surface area contributed by atoms with Crippen molar-refractivity contribution in [2.45, 2.75) is 44.8 Å². The van der Waals surface area contributed by atoms with Gasteiger partial charge in [0.1, 0.15) is 23.4 Å². The first-order valence-corrected chi connectivity index (χ1v) is 10.8. The van der Waals surface area contributed by atoms with Crippen molar-refractivity contribution in [3.63, 3.8) is 0 Å². The van der Waals surface area contributed by atoms with E-state index < -0.39 is 18.2 Å². The molecule has 1 aliphatic rings. The summed E-state index contributed by atoms with van der Waals surface area (Å²) in [6, 6.07) is 12.0. The summed E-state index contributed by atoms with van der Waals surface area (Å²) < 4.78 is 32.6. The highest BCUT2D eigenvalue weighted by atomic mass is 19.1. The molecule has 1 aromatic heterocycles. The van der Waals surface area contributed by atoms with Gasteiger partial charge in [0.05, 0.1) is 18.2 Å². The molecule has 1 aliphatic heterocycles. The first kappa shape index (κ1) is 22.7. The lowest BCUT2D eigenvalue weighted by molar-refractivity contribution is -0.156. The van der Waals surface area contributed by atoms with Crippen LogP contribution in [0.2, 0.25) is 0 Å². The van der Waals surface area contributed by atoms with Gasteiger partial charge in [-0.2, -0.15) is 5.10 Å². The van der Waals surface area contributed by atoms with Gasteiger partial charge >= 0.3 is 5.97 Å². The second-order valence-corrected chi connectivity index (χ2v) is 8.37. The van der Waals surface area contributed by atoms with Crippen molar-refractivity contribution in [1.82, 2.24) is 10.2 Å². The van der Waals surface area contributed by atoms with E-state index in [0.717, 1.165) is 5.56 Å². The minimum Gasteiger partial charge on any atom is -0.458 e. The molecule has 5 nitrogen and oxygen atoms in total. The lowest BCUT2D eigenvalue weighted by Gasteiger charge is -2.24. The fourth-order valence-electron chi connectivity index (χ4n) is 3.91. The van der Waals surface area contributed by atoms with Crippen LogP contribution in [0.5, 0.6) is 0 Å². The molecule has 2 heterocycles. The predicted molar refractivity (Wildman–Crippen MR) is 121 cm³/mol. The average Bonchev–Trinajstić information content (AvgIpc) is 2.77. The van der Waals surface area contributed by atoms with Gasteiger partial charge in [0.25, 0.3) is 0 Å². The van der Waals surface area contributed by atoms with Crippen LogP contribution in [0.15, 0.2) is 54.6 Å². The van der Waals surface area contributed by atoms with Crippen LogP contribution in [0.4, 0.5) is 8.78 Å². The average molecular weight is 450 g/mol. The van der Waals surface area contributed by atoms with Crippen molar-refractivity contribution in [1.29, 1.82) is 0 Å². The third kappa shape index (κ3) is 5.14. The molecular formula is C26H24F2N2O3. The molecule has 0 radical (unpaired) electrons. The zero-order chi connectivity index (χ0) is 23.5. The fraction of sp³-hybridized carbons (Fsp3) is 0.269. The molecule has 170 valence electrons. The largest absolute Gasteiger partial charge is 0.458 e. The second-order valence-electron chi connectivity index (χ2n) is 8.37. The Morgan fingerprint density at radius 1 is 1.00 bits per heavy atom. The molecule has 0 spiro atoms. The third-order valence-electron chi connectivity index (χ3n) is 5.50. The summed E-state index contributed by atoms with van der Waals surface area (Å²) in [4.78, 5) is 11.8. The number of cyclic esters (lactones) is 1. The minimum absolute atomic E-state index is 0.0121. The van der Waals surface area contributed by atoms with Crippen LogP contribution in [0.1, 0.15) is 43.9 Å². The minimum atomic E-state index is -0.757. The fourth-order valence-corrected chi connectivity index (χ4v) is 3.91. The number of aliphatic hydroxyl groups excluding tert-OH is 1. The van der Waals surface area contributed by atoms with Gasteiger partial charge < -0.3 is 9.84 Å². The summed E-state index contributed by atoms with van der Waals surface area (Å²) in [7, 11) is 0. The summed E-state index contributed by atoms with van der Waals surface area (Å²) in [5, 5.41) is 18.8. The van der Waals surface area contributed by atoms with Gasteiger partial charge in [0, 0.05) is 23.1 Å². The summed E-state index contributed by atoms with van der Waals surface area (Å²) in [6.07, 6.45) is 2.48. The van der Waals surface area contributed by atoms with Crippen LogP contribution in [0.3, 0.4) is 0 Å². The van der Waals surface area contributed by atoms with Crippen LogP contribution in [0, 0.1) is 11.6 Å². The number of carbonyl (C=O) groups excluding carboxylic acids is 1. The summed E-state index contributed by atoms with van der Waals surface area (Å²) >= 11 is 0. The Morgan fingerprint density at radius 3 is 2.18 bits per heavy atom. The Balaban J connectivity index is 1.90. The number of aliphatic hydroxyl groups is 1.